The molecule has 0 saturated heterocycles. The van der Waals surface area contributed by atoms with Crippen LogP contribution in [0.3, 0.4) is 0 Å². The van der Waals surface area contributed by atoms with Crippen LogP contribution in [-0.2, 0) is 6.42 Å². The van der Waals surface area contributed by atoms with Crippen molar-refractivity contribution in [3.8, 4) is 17.1 Å². The van der Waals surface area contributed by atoms with E-state index < -0.39 is 0 Å². The lowest BCUT2D eigenvalue weighted by atomic mass is 10.1. The zero-order valence-electron chi connectivity index (χ0n) is 12.8. The van der Waals surface area contributed by atoms with E-state index in [0.29, 0.717) is 11.0 Å². The van der Waals surface area contributed by atoms with Crippen LogP contribution in [-0.4, -0.2) is 16.6 Å². The minimum atomic E-state index is 0.545. The first-order valence-electron chi connectivity index (χ1n) is 7.42. The Morgan fingerprint density at radius 1 is 1.10 bits per heavy atom. The lowest BCUT2D eigenvalue weighted by Crippen LogP contribution is -1.99. The number of halogens is 1. The van der Waals surface area contributed by atoms with Crippen LogP contribution in [0.4, 0.5) is 0 Å². The number of ether oxygens (including phenoxy) is 1. The SMILES string of the molecule is CCCCOc1ccc(-c2nc(C)c(CC)c(Cl)n2)cc1. The van der Waals surface area contributed by atoms with Crippen molar-refractivity contribution in [3.05, 3.63) is 40.7 Å². The third-order valence-corrected chi connectivity index (χ3v) is 3.71. The quantitative estimate of drug-likeness (QED) is 0.565. The standard InChI is InChI=1S/C17H21ClN2O/c1-4-6-11-21-14-9-7-13(8-10-14)17-19-12(3)15(5-2)16(18)20-17/h7-10H,4-6,11H2,1-3H3. The smallest absolute Gasteiger partial charge is 0.161 e. The fourth-order valence-electron chi connectivity index (χ4n) is 2.13. The number of hydrogen-bond donors (Lipinski definition) is 0. The van der Waals surface area contributed by atoms with E-state index >= 15 is 0 Å². The molecule has 1 aromatic heterocycles. The number of rotatable bonds is 6. The molecule has 3 nitrogen and oxygen atoms in total. The Morgan fingerprint density at radius 3 is 2.38 bits per heavy atom. The summed E-state index contributed by atoms with van der Waals surface area (Å²) < 4.78 is 5.65. The lowest BCUT2D eigenvalue weighted by Gasteiger charge is -2.09. The molecule has 0 aliphatic rings. The van der Waals surface area contributed by atoms with E-state index in [1.165, 1.54) is 0 Å². The summed E-state index contributed by atoms with van der Waals surface area (Å²) in [7, 11) is 0. The van der Waals surface area contributed by atoms with Gasteiger partial charge >= 0.3 is 0 Å². The van der Waals surface area contributed by atoms with E-state index in [9.17, 15) is 0 Å². The molecule has 0 amide bonds. The summed E-state index contributed by atoms with van der Waals surface area (Å²) in [5, 5.41) is 0.545. The van der Waals surface area contributed by atoms with Gasteiger partial charge in [0.15, 0.2) is 5.82 Å². The van der Waals surface area contributed by atoms with Gasteiger partial charge in [-0.1, -0.05) is 31.9 Å². The van der Waals surface area contributed by atoms with Gasteiger partial charge in [0.25, 0.3) is 0 Å². The second-order valence-electron chi connectivity index (χ2n) is 4.98. The molecule has 0 fully saturated rings. The topological polar surface area (TPSA) is 35.0 Å². The third-order valence-electron chi connectivity index (χ3n) is 3.40. The van der Waals surface area contributed by atoms with E-state index in [-0.39, 0.29) is 0 Å². The highest BCUT2D eigenvalue weighted by atomic mass is 35.5. The molecule has 21 heavy (non-hydrogen) atoms. The predicted molar refractivity (Wildman–Crippen MR) is 87.0 cm³/mol. The summed E-state index contributed by atoms with van der Waals surface area (Å²) in [4.78, 5) is 8.94. The van der Waals surface area contributed by atoms with Gasteiger partial charge in [0.05, 0.1) is 6.61 Å². The molecule has 4 heteroatoms. The average Bonchev–Trinajstić information content (AvgIpc) is 2.48. The van der Waals surface area contributed by atoms with Gasteiger partial charge in [-0.25, -0.2) is 9.97 Å². The Balaban J connectivity index is 2.19. The second kappa shape index (κ2) is 7.41. The minimum absolute atomic E-state index is 0.545. The van der Waals surface area contributed by atoms with Gasteiger partial charge in [-0.15, -0.1) is 0 Å². The van der Waals surface area contributed by atoms with Crippen molar-refractivity contribution in [3.63, 3.8) is 0 Å². The number of aryl methyl sites for hydroxylation is 1. The summed E-state index contributed by atoms with van der Waals surface area (Å²) in [5.74, 6) is 1.54. The molecule has 0 unspecified atom stereocenters. The summed E-state index contributed by atoms with van der Waals surface area (Å²) in [5.41, 5.74) is 2.90. The minimum Gasteiger partial charge on any atom is -0.494 e. The maximum Gasteiger partial charge on any atom is 0.161 e. The van der Waals surface area contributed by atoms with E-state index in [4.69, 9.17) is 16.3 Å². The molecule has 0 aliphatic carbocycles. The van der Waals surface area contributed by atoms with Crippen LogP contribution in [0.1, 0.15) is 37.9 Å². The van der Waals surface area contributed by atoms with Crippen LogP contribution in [0.15, 0.2) is 24.3 Å². The second-order valence-corrected chi connectivity index (χ2v) is 5.34. The zero-order valence-corrected chi connectivity index (χ0v) is 13.6. The van der Waals surface area contributed by atoms with Gasteiger partial charge in [0.1, 0.15) is 10.9 Å². The van der Waals surface area contributed by atoms with Crippen molar-refractivity contribution in [1.29, 1.82) is 0 Å². The number of hydrogen-bond acceptors (Lipinski definition) is 3. The average molecular weight is 305 g/mol. The van der Waals surface area contributed by atoms with Gasteiger partial charge in [0, 0.05) is 16.8 Å². The molecule has 112 valence electrons. The van der Waals surface area contributed by atoms with E-state index in [1.807, 2.05) is 31.2 Å². The summed E-state index contributed by atoms with van der Waals surface area (Å²) in [6.07, 6.45) is 3.04. The fraction of sp³-hybridized carbons (Fsp3) is 0.412. The molecule has 0 aliphatic heterocycles. The van der Waals surface area contributed by atoms with Crippen molar-refractivity contribution < 1.29 is 4.74 Å². The van der Waals surface area contributed by atoms with Crippen molar-refractivity contribution in [2.75, 3.05) is 6.61 Å². The first kappa shape index (κ1) is 15.8. The van der Waals surface area contributed by atoms with E-state index in [1.54, 1.807) is 0 Å². The Hall–Kier alpha value is -1.61. The van der Waals surface area contributed by atoms with Crippen LogP contribution in [0.5, 0.6) is 5.75 Å². The normalized spacial score (nSPS) is 10.7. The fourth-order valence-corrected chi connectivity index (χ4v) is 2.48. The van der Waals surface area contributed by atoms with Crippen molar-refractivity contribution in [2.24, 2.45) is 0 Å². The Kier molecular flexibility index (Phi) is 5.57. The largest absolute Gasteiger partial charge is 0.494 e. The molecule has 0 bridgehead atoms. The van der Waals surface area contributed by atoms with Crippen LogP contribution in [0.2, 0.25) is 5.15 Å². The van der Waals surface area contributed by atoms with Gasteiger partial charge in [-0.2, -0.15) is 0 Å². The number of unbranched alkanes of at least 4 members (excludes halogenated alkanes) is 1. The monoisotopic (exact) mass is 304 g/mol. The maximum atomic E-state index is 6.22. The van der Waals surface area contributed by atoms with Crippen LogP contribution in [0.25, 0.3) is 11.4 Å². The molecular weight excluding hydrogens is 284 g/mol. The zero-order chi connectivity index (χ0) is 15.2. The van der Waals surface area contributed by atoms with Gasteiger partial charge in [-0.05, 0) is 44.0 Å². The number of benzene rings is 1. The Morgan fingerprint density at radius 2 is 1.81 bits per heavy atom. The Labute approximate surface area is 131 Å². The highest BCUT2D eigenvalue weighted by molar-refractivity contribution is 6.30. The van der Waals surface area contributed by atoms with E-state index in [2.05, 4.69) is 23.8 Å². The maximum absolute atomic E-state index is 6.22. The third kappa shape index (κ3) is 3.94. The molecule has 0 spiro atoms. The highest BCUT2D eigenvalue weighted by Crippen LogP contribution is 2.24. The number of aromatic nitrogens is 2. The molecular formula is C17H21ClN2O. The molecule has 0 saturated carbocycles. The molecule has 0 radical (unpaired) electrons. The summed E-state index contributed by atoms with van der Waals surface area (Å²) >= 11 is 6.22. The van der Waals surface area contributed by atoms with Gasteiger partial charge < -0.3 is 4.74 Å². The molecule has 1 aromatic carbocycles. The van der Waals surface area contributed by atoms with Gasteiger partial charge in [0.2, 0.25) is 0 Å². The van der Waals surface area contributed by atoms with Crippen LogP contribution in [0, 0.1) is 6.92 Å². The summed E-state index contributed by atoms with van der Waals surface area (Å²) in [6, 6.07) is 7.84. The van der Waals surface area contributed by atoms with Crippen LogP contribution < -0.4 is 4.74 Å². The highest BCUT2D eigenvalue weighted by Gasteiger charge is 2.10. The lowest BCUT2D eigenvalue weighted by molar-refractivity contribution is 0.309. The van der Waals surface area contributed by atoms with Crippen LogP contribution >= 0.6 is 11.6 Å². The molecule has 2 rings (SSSR count). The molecule has 0 atom stereocenters. The van der Waals surface area contributed by atoms with E-state index in [0.717, 1.165) is 48.4 Å². The van der Waals surface area contributed by atoms with Crippen molar-refractivity contribution in [1.82, 2.24) is 9.97 Å². The Bertz CT molecular complexity index is 573. The summed E-state index contributed by atoms with van der Waals surface area (Å²) in [6.45, 7) is 6.93. The predicted octanol–water partition coefficient (Wildman–Crippen LogP) is 4.85. The molecule has 2 aromatic rings. The van der Waals surface area contributed by atoms with Crippen molar-refractivity contribution in [2.45, 2.75) is 40.0 Å². The van der Waals surface area contributed by atoms with Crippen molar-refractivity contribution >= 4 is 11.6 Å². The first-order chi connectivity index (χ1) is 10.2. The molecule has 1 heterocycles. The number of nitrogens with zero attached hydrogens (tertiary/aromatic N) is 2. The first-order valence-corrected chi connectivity index (χ1v) is 7.79. The molecule has 0 N–H and O–H groups in total. The van der Waals surface area contributed by atoms with Gasteiger partial charge in [-0.3, -0.25) is 0 Å².